The number of rotatable bonds is 4. The lowest BCUT2D eigenvalue weighted by Gasteiger charge is -2.19. The number of hydrogen-bond acceptors (Lipinski definition) is 4. The Morgan fingerprint density at radius 2 is 2.11 bits per heavy atom. The van der Waals surface area contributed by atoms with Crippen molar-refractivity contribution in [1.82, 2.24) is 20.1 Å². The zero-order valence-electron chi connectivity index (χ0n) is 15.9. The third-order valence-corrected chi connectivity index (χ3v) is 4.63. The predicted octanol–water partition coefficient (Wildman–Crippen LogP) is 3.86. The van der Waals surface area contributed by atoms with Gasteiger partial charge in [0.05, 0.1) is 10.9 Å². The van der Waals surface area contributed by atoms with Gasteiger partial charge in [-0.3, -0.25) is 9.89 Å². The number of aromatic amines is 1. The Hall–Kier alpha value is -2.35. The number of benzene rings is 1. The van der Waals surface area contributed by atoms with Gasteiger partial charge in [-0.25, -0.2) is 4.79 Å². The van der Waals surface area contributed by atoms with E-state index in [-0.39, 0.29) is 5.56 Å². The molecule has 0 aliphatic heterocycles. The highest BCUT2D eigenvalue weighted by Gasteiger charge is 2.17. The van der Waals surface area contributed by atoms with Crippen molar-refractivity contribution >= 4 is 43.8 Å². The number of carbonyl (C=O) groups excluding carboxylic acids is 1. The molecule has 2 N–H and O–H groups in total. The normalized spacial score (nSPS) is 11.9. The van der Waals surface area contributed by atoms with Gasteiger partial charge >= 0.3 is 6.09 Å². The molecule has 0 spiro atoms. The highest BCUT2D eigenvalue weighted by Crippen LogP contribution is 2.26. The van der Waals surface area contributed by atoms with Gasteiger partial charge < -0.3 is 14.6 Å². The van der Waals surface area contributed by atoms with E-state index < -0.39 is 11.7 Å². The zero-order chi connectivity index (χ0) is 19.8. The minimum Gasteiger partial charge on any atom is -0.444 e. The van der Waals surface area contributed by atoms with Crippen LogP contribution in [0.25, 0.3) is 21.8 Å². The van der Waals surface area contributed by atoms with Crippen LogP contribution in [-0.2, 0) is 11.3 Å². The van der Waals surface area contributed by atoms with E-state index >= 15 is 0 Å². The van der Waals surface area contributed by atoms with E-state index in [9.17, 15) is 9.59 Å². The first-order chi connectivity index (χ1) is 12.7. The quantitative estimate of drug-likeness (QED) is 0.609. The third-order valence-electron chi connectivity index (χ3n) is 4.14. The number of carbonyl (C=O) groups is 1. The Labute approximate surface area is 165 Å². The number of nitrogens with one attached hydrogen (secondary N) is 2. The number of ether oxygens (including phenoxy) is 1. The Morgan fingerprint density at radius 3 is 2.81 bits per heavy atom. The second-order valence-electron chi connectivity index (χ2n) is 7.47. The van der Waals surface area contributed by atoms with Crippen molar-refractivity contribution in [1.29, 1.82) is 0 Å². The molecule has 3 rings (SSSR count). The number of fused-ring (bicyclic) bond motifs is 3. The van der Waals surface area contributed by atoms with Crippen LogP contribution in [0.5, 0.6) is 0 Å². The van der Waals surface area contributed by atoms with Crippen LogP contribution >= 0.6 is 15.9 Å². The first kappa shape index (κ1) is 19.4. The molecule has 2 aromatic heterocycles. The van der Waals surface area contributed by atoms with Crippen molar-refractivity contribution in [2.75, 3.05) is 6.54 Å². The van der Waals surface area contributed by atoms with Gasteiger partial charge in [0.25, 0.3) is 5.56 Å². The molecule has 0 bridgehead atoms. The summed E-state index contributed by atoms with van der Waals surface area (Å²) in [7, 11) is 0. The zero-order valence-corrected chi connectivity index (χ0v) is 17.4. The molecule has 0 aliphatic carbocycles. The molecule has 0 atom stereocenters. The molecular weight excluding hydrogens is 412 g/mol. The van der Waals surface area contributed by atoms with Gasteiger partial charge in [0.2, 0.25) is 0 Å². The van der Waals surface area contributed by atoms with Crippen LogP contribution in [0, 0.1) is 6.92 Å². The number of aryl methyl sites for hydroxylation is 2. The summed E-state index contributed by atoms with van der Waals surface area (Å²) in [6.45, 7) is 8.20. The second-order valence-corrected chi connectivity index (χ2v) is 8.39. The van der Waals surface area contributed by atoms with Crippen molar-refractivity contribution in [2.45, 2.75) is 46.3 Å². The molecule has 0 saturated heterocycles. The highest BCUT2D eigenvalue weighted by atomic mass is 79.9. The summed E-state index contributed by atoms with van der Waals surface area (Å²) >= 11 is 3.48. The Balaban J connectivity index is 1.85. The third kappa shape index (κ3) is 4.16. The van der Waals surface area contributed by atoms with E-state index in [1.807, 2.05) is 45.9 Å². The van der Waals surface area contributed by atoms with E-state index in [4.69, 9.17) is 4.74 Å². The molecule has 0 aliphatic rings. The summed E-state index contributed by atoms with van der Waals surface area (Å²) < 4.78 is 7.89. The number of alkyl carbamates (subject to hydrolysis) is 1. The maximum Gasteiger partial charge on any atom is 0.407 e. The highest BCUT2D eigenvalue weighted by molar-refractivity contribution is 9.10. The first-order valence-corrected chi connectivity index (χ1v) is 9.60. The van der Waals surface area contributed by atoms with Gasteiger partial charge in [-0.2, -0.15) is 5.10 Å². The van der Waals surface area contributed by atoms with Crippen LogP contribution in [0.1, 0.15) is 32.9 Å². The van der Waals surface area contributed by atoms with Gasteiger partial charge in [-0.05, 0) is 52.3 Å². The molecule has 3 aromatic rings. The average molecular weight is 435 g/mol. The molecule has 7 nitrogen and oxygen atoms in total. The molecule has 144 valence electrons. The summed E-state index contributed by atoms with van der Waals surface area (Å²) in [5.74, 6) is 0. The fourth-order valence-electron chi connectivity index (χ4n) is 3.03. The summed E-state index contributed by atoms with van der Waals surface area (Å²) in [5, 5.41) is 11.4. The number of amides is 1. The number of H-pyrrole nitrogens is 1. The van der Waals surface area contributed by atoms with E-state index in [1.165, 1.54) is 0 Å². The number of hydrogen-bond donors (Lipinski definition) is 2. The summed E-state index contributed by atoms with van der Waals surface area (Å²) in [4.78, 5) is 24.8. The molecule has 0 fully saturated rings. The molecule has 0 radical (unpaired) electrons. The minimum atomic E-state index is -0.533. The van der Waals surface area contributed by atoms with E-state index in [2.05, 4.69) is 31.4 Å². The topological polar surface area (TPSA) is 89.0 Å². The van der Waals surface area contributed by atoms with E-state index in [1.54, 1.807) is 4.57 Å². The first-order valence-electron chi connectivity index (χ1n) is 8.81. The van der Waals surface area contributed by atoms with Crippen molar-refractivity contribution < 1.29 is 9.53 Å². The molecule has 27 heavy (non-hydrogen) atoms. The molecule has 1 amide bonds. The molecular formula is C19H23BrN4O3. The van der Waals surface area contributed by atoms with E-state index in [0.717, 1.165) is 21.1 Å². The molecule has 0 saturated carbocycles. The lowest BCUT2D eigenvalue weighted by molar-refractivity contribution is 0.0526. The fraction of sp³-hybridized carbons (Fsp3) is 0.421. The molecule has 1 aromatic carbocycles. The fourth-order valence-corrected chi connectivity index (χ4v) is 3.39. The van der Waals surface area contributed by atoms with Crippen molar-refractivity contribution in [3.63, 3.8) is 0 Å². The monoisotopic (exact) mass is 434 g/mol. The Bertz CT molecular complexity index is 1060. The average Bonchev–Trinajstić information content (AvgIpc) is 2.95. The Kier molecular flexibility index (Phi) is 5.28. The molecule has 2 heterocycles. The number of halogens is 1. The standard InChI is InChI=1S/C19H23BrN4O3/c1-11-15-16(23-22-11)13-10-12(20)6-7-14(13)24(17(15)25)9-5-8-21-18(26)27-19(2,3)4/h6-7,10H,5,8-9H2,1-4H3,(H,21,26)(H,22,23). The van der Waals surface area contributed by atoms with Crippen LogP contribution in [0.2, 0.25) is 0 Å². The maximum atomic E-state index is 13.0. The lowest BCUT2D eigenvalue weighted by Crippen LogP contribution is -2.33. The number of nitrogens with zero attached hydrogens (tertiary/aromatic N) is 2. The second kappa shape index (κ2) is 7.34. The minimum absolute atomic E-state index is 0.0802. The van der Waals surface area contributed by atoms with Crippen molar-refractivity contribution in [3.8, 4) is 0 Å². The largest absolute Gasteiger partial charge is 0.444 e. The predicted molar refractivity (Wildman–Crippen MR) is 109 cm³/mol. The van der Waals surface area contributed by atoms with Gasteiger partial charge in [-0.15, -0.1) is 0 Å². The van der Waals surface area contributed by atoms with Crippen molar-refractivity contribution in [3.05, 3.63) is 38.7 Å². The molecule has 0 unspecified atom stereocenters. The smallest absolute Gasteiger partial charge is 0.407 e. The van der Waals surface area contributed by atoms with Crippen LogP contribution in [0.3, 0.4) is 0 Å². The lowest BCUT2D eigenvalue weighted by atomic mass is 10.1. The summed E-state index contributed by atoms with van der Waals surface area (Å²) in [5.41, 5.74) is 1.63. The summed E-state index contributed by atoms with van der Waals surface area (Å²) in [6, 6.07) is 5.78. The van der Waals surface area contributed by atoms with Gasteiger partial charge in [0.1, 0.15) is 11.1 Å². The Morgan fingerprint density at radius 1 is 1.37 bits per heavy atom. The van der Waals surface area contributed by atoms with Crippen LogP contribution in [0.15, 0.2) is 27.5 Å². The van der Waals surface area contributed by atoms with Gasteiger partial charge in [0.15, 0.2) is 0 Å². The van der Waals surface area contributed by atoms with Gasteiger partial charge in [-0.1, -0.05) is 15.9 Å². The van der Waals surface area contributed by atoms with E-state index in [0.29, 0.717) is 30.4 Å². The summed E-state index contributed by atoms with van der Waals surface area (Å²) in [6.07, 6.45) is 0.150. The number of pyridine rings is 1. The van der Waals surface area contributed by atoms with Crippen molar-refractivity contribution in [2.24, 2.45) is 0 Å². The number of aromatic nitrogens is 3. The van der Waals surface area contributed by atoms with Gasteiger partial charge in [0, 0.05) is 28.6 Å². The van der Waals surface area contributed by atoms with Crippen LogP contribution in [-0.4, -0.2) is 33.0 Å². The van der Waals surface area contributed by atoms with Crippen LogP contribution in [0.4, 0.5) is 4.79 Å². The van der Waals surface area contributed by atoms with Crippen LogP contribution < -0.4 is 10.9 Å². The maximum absolute atomic E-state index is 13.0. The SMILES string of the molecule is Cc1[nH]nc2c1c(=O)n(CCCNC(=O)OC(C)(C)C)c1ccc(Br)cc21. The molecule has 8 heteroatoms.